The molecule has 1 aromatic heterocycles. The van der Waals surface area contributed by atoms with Gasteiger partial charge in [-0.3, -0.25) is 0 Å². The van der Waals surface area contributed by atoms with Crippen LogP contribution in [0.25, 0.3) is 10.4 Å². The topological polar surface area (TPSA) is 12.0 Å². The van der Waals surface area contributed by atoms with Crippen LogP contribution in [-0.2, 0) is 6.54 Å². The van der Waals surface area contributed by atoms with E-state index in [4.69, 9.17) is 11.6 Å². The molecule has 0 saturated carbocycles. The van der Waals surface area contributed by atoms with Crippen molar-refractivity contribution < 1.29 is 0 Å². The van der Waals surface area contributed by atoms with Crippen molar-refractivity contribution in [3.05, 3.63) is 46.3 Å². The number of hydrogen-bond acceptors (Lipinski definition) is 2. The Morgan fingerprint density at radius 1 is 1.12 bits per heavy atom. The van der Waals surface area contributed by atoms with Gasteiger partial charge in [0.15, 0.2) is 0 Å². The Morgan fingerprint density at radius 2 is 1.88 bits per heavy atom. The van der Waals surface area contributed by atoms with Crippen LogP contribution < -0.4 is 5.32 Å². The van der Waals surface area contributed by atoms with Gasteiger partial charge < -0.3 is 5.32 Å². The predicted molar refractivity (Wildman–Crippen MR) is 72.1 cm³/mol. The van der Waals surface area contributed by atoms with E-state index in [1.807, 2.05) is 6.07 Å². The summed E-state index contributed by atoms with van der Waals surface area (Å²) in [6.45, 7) is 4.05. The zero-order valence-corrected chi connectivity index (χ0v) is 10.7. The maximum atomic E-state index is 5.92. The van der Waals surface area contributed by atoms with Gasteiger partial charge in [0.2, 0.25) is 0 Å². The lowest BCUT2D eigenvalue weighted by atomic mass is 10.1. The number of thiophene rings is 1. The van der Waals surface area contributed by atoms with Crippen LogP contribution >= 0.6 is 22.9 Å². The van der Waals surface area contributed by atoms with Crippen molar-refractivity contribution in [3.8, 4) is 10.4 Å². The predicted octanol–water partition coefficient (Wildman–Crippen LogP) is 4.18. The first-order valence-electron chi connectivity index (χ1n) is 5.35. The van der Waals surface area contributed by atoms with E-state index >= 15 is 0 Å². The van der Waals surface area contributed by atoms with Gasteiger partial charge in [0.25, 0.3) is 0 Å². The van der Waals surface area contributed by atoms with E-state index in [9.17, 15) is 0 Å². The van der Waals surface area contributed by atoms with Crippen LogP contribution in [0.15, 0.2) is 36.4 Å². The van der Waals surface area contributed by atoms with Gasteiger partial charge in [-0.1, -0.05) is 42.8 Å². The minimum Gasteiger partial charge on any atom is -0.313 e. The molecule has 84 valence electrons. The third-order valence-corrected chi connectivity index (χ3v) is 3.67. The van der Waals surface area contributed by atoms with Crippen molar-refractivity contribution in [3.63, 3.8) is 0 Å². The summed E-state index contributed by atoms with van der Waals surface area (Å²) in [7, 11) is 0. The van der Waals surface area contributed by atoms with Crippen molar-refractivity contribution in [2.45, 2.75) is 13.5 Å². The second-order valence-corrected chi connectivity index (χ2v) is 5.30. The van der Waals surface area contributed by atoms with Crippen LogP contribution in [0.4, 0.5) is 0 Å². The second kappa shape index (κ2) is 5.48. The fourth-order valence-electron chi connectivity index (χ4n) is 1.53. The monoisotopic (exact) mass is 251 g/mol. The van der Waals surface area contributed by atoms with E-state index in [-0.39, 0.29) is 0 Å². The van der Waals surface area contributed by atoms with E-state index in [0.29, 0.717) is 0 Å². The third-order valence-electron chi connectivity index (χ3n) is 2.39. The van der Waals surface area contributed by atoms with Gasteiger partial charge in [-0.05, 0) is 29.8 Å². The lowest BCUT2D eigenvalue weighted by Crippen LogP contribution is -2.11. The Labute approximate surface area is 105 Å². The quantitative estimate of drug-likeness (QED) is 0.860. The molecule has 1 N–H and O–H groups in total. The second-order valence-electron chi connectivity index (χ2n) is 3.58. The average molecular weight is 252 g/mol. The molecule has 0 fully saturated rings. The highest BCUT2D eigenvalue weighted by atomic mass is 35.5. The molecule has 1 nitrogen and oxygen atoms in total. The molecule has 0 radical (unpaired) electrons. The largest absolute Gasteiger partial charge is 0.313 e. The first-order valence-corrected chi connectivity index (χ1v) is 6.54. The van der Waals surface area contributed by atoms with Crippen LogP contribution in [-0.4, -0.2) is 6.54 Å². The van der Waals surface area contributed by atoms with Crippen LogP contribution in [0.5, 0.6) is 0 Å². The molecule has 0 bridgehead atoms. The molecule has 2 aromatic rings. The number of halogens is 1. The molecule has 0 saturated heterocycles. The van der Waals surface area contributed by atoms with Gasteiger partial charge in [-0.25, -0.2) is 0 Å². The Morgan fingerprint density at radius 3 is 2.44 bits per heavy atom. The van der Waals surface area contributed by atoms with Crippen LogP contribution in [0.2, 0.25) is 4.34 Å². The Balaban J connectivity index is 2.13. The standard InChI is InChI=1S/C13H14ClNS/c1-2-15-9-10-3-5-11(6-4-10)12-7-8-13(14)16-12/h3-8,15H,2,9H2,1H3. The first-order chi connectivity index (χ1) is 7.79. The van der Waals surface area contributed by atoms with E-state index in [1.165, 1.54) is 16.0 Å². The number of rotatable bonds is 4. The van der Waals surface area contributed by atoms with Crippen molar-refractivity contribution in [2.75, 3.05) is 6.54 Å². The van der Waals surface area contributed by atoms with Crippen LogP contribution in [0, 0.1) is 0 Å². The van der Waals surface area contributed by atoms with Gasteiger partial charge in [0.05, 0.1) is 4.34 Å². The molecular formula is C13H14ClNS. The summed E-state index contributed by atoms with van der Waals surface area (Å²) < 4.78 is 0.840. The van der Waals surface area contributed by atoms with Crippen LogP contribution in [0.1, 0.15) is 12.5 Å². The summed E-state index contributed by atoms with van der Waals surface area (Å²) in [5.41, 5.74) is 2.55. The molecule has 0 aliphatic carbocycles. The smallest absolute Gasteiger partial charge is 0.0934 e. The summed E-state index contributed by atoms with van der Waals surface area (Å²) in [6, 6.07) is 12.6. The Kier molecular flexibility index (Phi) is 3.99. The van der Waals surface area contributed by atoms with Crippen molar-refractivity contribution in [1.29, 1.82) is 0 Å². The fourth-order valence-corrected chi connectivity index (χ4v) is 2.57. The van der Waals surface area contributed by atoms with Gasteiger partial charge in [-0.15, -0.1) is 11.3 Å². The van der Waals surface area contributed by atoms with E-state index < -0.39 is 0 Å². The number of benzene rings is 1. The van der Waals surface area contributed by atoms with E-state index in [0.717, 1.165) is 17.4 Å². The van der Waals surface area contributed by atoms with Gasteiger partial charge >= 0.3 is 0 Å². The highest BCUT2D eigenvalue weighted by Crippen LogP contribution is 2.30. The number of hydrogen-bond donors (Lipinski definition) is 1. The molecule has 0 aliphatic heterocycles. The molecule has 1 aromatic carbocycles. The minimum absolute atomic E-state index is 0.840. The summed E-state index contributed by atoms with van der Waals surface area (Å²) in [4.78, 5) is 1.22. The minimum atomic E-state index is 0.840. The lowest BCUT2D eigenvalue weighted by molar-refractivity contribution is 0.727. The molecule has 0 amide bonds. The summed E-state index contributed by atoms with van der Waals surface area (Å²) >= 11 is 7.53. The molecule has 0 spiro atoms. The Bertz CT molecular complexity index is 447. The summed E-state index contributed by atoms with van der Waals surface area (Å²) in [6.07, 6.45) is 0. The average Bonchev–Trinajstić information content (AvgIpc) is 2.74. The van der Waals surface area contributed by atoms with E-state index in [1.54, 1.807) is 11.3 Å². The lowest BCUT2D eigenvalue weighted by Gasteiger charge is -2.03. The van der Waals surface area contributed by atoms with Gasteiger partial charge in [0.1, 0.15) is 0 Å². The van der Waals surface area contributed by atoms with Crippen LogP contribution in [0.3, 0.4) is 0 Å². The molecule has 0 unspecified atom stereocenters. The maximum Gasteiger partial charge on any atom is 0.0934 e. The first kappa shape index (κ1) is 11.6. The highest BCUT2D eigenvalue weighted by molar-refractivity contribution is 7.19. The molecule has 16 heavy (non-hydrogen) atoms. The molecular weight excluding hydrogens is 238 g/mol. The van der Waals surface area contributed by atoms with Crippen molar-refractivity contribution in [2.24, 2.45) is 0 Å². The van der Waals surface area contributed by atoms with Crippen molar-refractivity contribution >= 4 is 22.9 Å². The normalized spacial score (nSPS) is 10.6. The molecule has 2 rings (SSSR count). The summed E-state index contributed by atoms with van der Waals surface area (Å²) in [5, 5.41) is 3.31. The molecule has 0 aliphatic rings. The zero-order chi connectivity index (χ0) is 11.4. The molecule has 0 atom stereocenters. The zero-order valence-electron chi connectivity index (χ0n) is 9.16. The molecule has 3 heteroatoms. The van der Waals surface area contributed by atoms with Gasteiger partial charge in [0, 0.05) is 11.4 Å². The SMILES string of the molecule is CCNCc1ccc(-c2ccc(Cl)s2)cc1. The third kappa shape index (κ3) is 2.85. The highest BCUT2D eigenvalue weighted by Gasteiger charge is 2.01. The fraction of sp³-hybridized carbons (Fsp3) is 0.231. The summed E-state index contributed by atoms with van der Waals surface area (Å²) in [5.74, 6) is 0. The Hall–Kier alpha value is -0.830. The van der Waals surface area contributed by atoms with E-state index in [2.05, 4.69) is 42.6 Å². The maximum absolute atomic E-state index is 5.92. The van der Waals surface area contributed by atoms with Crippen molar-refractivity contribution in [1.82, 2.24) is 5.32 Å². The molecule has 1 heterocycles. The van der Waals surface area contributed by atoms with Gasteiger partial charge in [-0.2, -0.15) is 0 Å². The number of nitrogens with one attached hydrogen (secondary N) is 1.